The molecular weight excluding hydrogens is 404 g/mol. The van der Waals surface area contributed by atoms with E-state index in [1.54, 1.807) is 0 Å². The highest BCUT2D eigenvalue weighted by Gasteiger charge is 2.51. The molecule has 29 heavy (non-hydrogen) atoms. The molecule has 0 bridgehead atoms. The van der Waals surface area contributed by atoms with Crippen molar-refractivity contribution in [3.05, 3.63) is 0 Å². The largest absolute Gasteiger partial charge is 0.547 e. The van der Waals surface area contributed by atoms with Crippen LogP contribution in [-0.4, -0.2) is 134 Å². The van der Waals surface area contributed by atoms with E-state index >= 15 is 0 Å². The topological polar surface area (TPSA) is 239 Å². The Hall–Kier alpha value is -1.01. The summed E-state index contributed by atoms with van der Waals surface area (Å²) in [6.07, 6.45) is -19.0. The van der Waals surface area contributed by atoms with Crippen LogP contribution in [0.1, 0.15) is 0 Å². The molecule has 0 radical (unpaired) electrons. The maximum atomic E-state index is 11.0. The van der Waals surface area contributed by atoms with Crippen LogP contribution in [0.5, 0.6) is 0 Å². The number of carbonyl (C=O) groups is 1. The Bertz CT molecular complexity index is 531. The van der Waals surface area contributed by atoms with Gasteiger partial charge in [-0.1, -0.05) is 0 Å². The van der Waals surface area contributed by atoms with E-state index in [-0.39, 0.29) is 0 Å². The average molecular weight is 429 g/mol. The summed E-state index contributed by atoms with van der Waals surface area (Å²) in [5.41, 5.74) is 0. The van der Waals surface area contributed by atoms with E-state index in [9.17, 15) is 45.6 Å². The number of aliphatic carboxylic acids is 1. The minimum Gasteiger partial charge on any atom is -0.547 e. The quantitative estimate of drug-likeness (QED) is 0.179. The van der Waals surface area contributed by atoms with Gasteiger partial charge < -0.3 is 69.7 Å². The lowest BCUT2D eigenvalue weighted by atomic mass is 9.97. The number of carbonyl (C=O) groups excluding carboxylic acids is 1. The molecule has 0 unspecified atom stereocenters. The van der Waals surface area contributed by atoms with Gasteiger partial charge in [0.15, 0.2) is 12.6 Å². The third kappa shape index (κ3) is 5.19. The van der Waals surface area contributed by atoms with E-state index in [4.69, 9.17) is 24.1 Å². The second-order valence-electron chi connectivity index (χ2n) is 6.63. The first-order chi connectivity index (χ1) is 13.7. The highest BCUT2D eigenvalue weighted by atomic mass is 16.8. The van der Waals surface area contributed by atoms with Gasteiger partial charge in [0.25, 0.3) is 0 Å². The van der Waals surface area contributed by atoms with E-state index in [1.165, 1.54) is 0 Å². The Labute approximate surface area is 164 Å². The van der Waals surface area contributed by atoms with Crippen LogP contribution < -0.4 is 5.11 Å². The molecule has 0 amide bonds. The molecule has 2 aliphatic rings. The van der Waals surface area contributed by atoms with Crippen molar-refractivity contribution < 1.29 is 69.7 Å². The molecule has 14 heteroatoms. The van der Waals surface area contributed by atoms with Gasteiger partial charge in [-0.25, -0.2) is 0 Å². The summed E-state index contributed by atoms with van der Waals surface area (Å²) < 4.78 is 20.6. The third-order valence-corrected chi connectivity index (χ3v) is 4.69. The highest BCUT2D eigenvalue weighted by molar-refractivity contribution is 5.70. The number of hydrogen-bond acceptors (Lipinski definition) is 14. The van der Waals surface area contributed by atoms with E-state index in [1.807, 2.05) is 0 Å². The van der Waals surface area contributed by atoms with E-state index in [0.717, 1.165) is 0 Å². The van der Waals surface area contributed by atoms with Gasteiger partial charge in [0.1, 0.15) is 54.9 Å². The standard InChI is InChI=1S/C15H26O14/c16-1-4-7(19)9(21)11(23)14(26-4)29-12-10(22)8(20)5(2-17)27-15(12)28-6(3-18)13(24)25/h4-12,14-23H,1-3H2,(H,24,25)/p-1/t4-,5-,6-,7-,8-,9+,10+,11+,12-,14-,15-/m1/s1. The van der Waals surface area contributed by atoms with Crippen molar-refractivity contribution >= 4 is 5.97 Å². The van der Waals surface area contributed by atoms with Crippen LogP contribution in [0, 0.1) is 0 Å². The summed E-state index contributed by atoms with van der Waals surface area (Å²) in [5.74, 6) is -1.83. The van der Waals surface area contributed by atoms with Crippen LogP contribution in [0.3, 0.4) is 0 Å². The minimum absolute atomic E-state index is 0.763. The van der Waals surface area contributed by atoms with Crippen molar-refractivity contribution in [2.24, 2.45) is 0 Å². The molecule has 2 aliphatic heterocycles. The van der Waals surface area contributed by atoms with Crippen molar-refractivity contribution in [3.8, 4) is 0 Å². The number of carboxylic acid groups (broad SMARTS) is 1. The van der Waals surface area contributed by atoms with Crippen molar-refractivity contribution in [2.75, 3.05) is 19.8 Å². The lowest BCUT2D eigenvalue weighted by molar-refractivity contribution is -0.378. The second-order valence-corrected chi connectivity index (χ2v) is 6.63. The first-order valence-corrected chi connectivity index (χ1v) is 8.71. The lowest BCUT2D eigenvalue weighted by Gasteiger charge is -2.46. The molecule has 8 N–H and O–H groups in total. The summed E-state index contributed by atoms with van der Waals surface area (Å²) in [7, 11) is 0. The molecule has 0 aromatic rings. The van der Waals surface area contributed by atoms with Gasteiger partial charge in [0.05, 0.1) is 25.8 Å². The van der Waals surface area contributed by atoms with Crippen LogP contribution in [0.15, 0.2) is 0 Å². The number of aliphatic hydroxyl groups is 8. The van der Waals surface area contributed by atoms with E-state index in [0.29, 0.717) is 0 Å². The number of carboxylic acids is 1. The van der Waals surface area contributed by atoms with Gasteiger partial charge in [-0.3, -0.25) is 0 Å². The summed E-state index contributed by atoms with van der Waals surface area (Å²) >= 11 is 0. The fourth-order valence-electron chi connectivity index (χ4n) is 2.98. The maximum absolute atomic E-state index is 11.0. The summed E-state index contributed by atoms with van der Waals surface area (Å²) in [5, 5.41) is 88.6. The van der Waals surface area contributed by atoms with Crippen LogP contribution in [0.2, 0.25) is 0 Å². The Balaban J connectivity index is 2.23. The zero-order valence-corrected chi connectivity index (χ0v) is 15.0. The number of ether oxygens (including phenoxy) is 4. The lowest BCUT2D eigenvalue weighted by Crippen LogP contribution is -2.65. The van der Waals surface area contributed by atoms with Crippen molar-refractivity contribution in [1.82, 2.24) is 0 Å². The fourth-order valence-corrected chi connectivity index (χ4v) is 2.98. The Kier molecular flexibility index (Phi) is 8.65. The molecule has 2 rings (SSSR count). The molecule has 0 spiro atoms. The Morgan fingerprint density at radius 1 is 0.828 bits per heavy atom. The van der Waals surface area contributed by atoms with Crippen LogP contribution >= 0.6 is 0 Å². The monoisotopic (exact) mass is 429 g/mol. The zero-order valence-electron chi connectivity index (χ0n) is 15.0. The van der Waals surface area contributed by atoms with Crippen LogP contribution in [0.4, 0.5) is 0 Å². The molecule has 11 atom stereocenters. The summed E-state index contributed by atoms with van der Waals surface area (Å²) in [4.78, 5) is 11.0. The zero-order chi connectivity index (χ0) is 21.9. The first kappa shape index (κ1) is 24.3. The first-order valence-electron chi connectivity index (χ1n) is 8.71. The van der Waals surface area contributed by atoms with E-state index in [2.05, 4.69) is 0 Å². The Morgan fingerprint density at radius 2 is 1.34 bits per heavy atom. The number of aliphatic hydroxyl groups excluding tert-OH is 8. The van der Waals surface area contributed by atoms with E-state index < -0.39 is 93.3 Å². The molecule has 14 nitrogen and oxygen atoms in total. The molecule has 0 saturated carbocycles. The third-order valence-electron chi connectivity index (χ3n) is 4.69. The summed E-state index contributed by atoms with van der Waals surface area (Å²) in [6, 6.07) is 0. The van der Waals surface area contributed by atoms with Gasteiger partial charge in [0, 0.05) is 0 Å². The molecule has 170 valence electrons. The Morgan fingerprint density at radius 3 is 1.83 bits per heavy atom. The fraction of sp³-hybridized carbons (Fsp3) is 0.933. The molecule has 2 fully saturated rings. The van der Waals surface area contributed by atoms with Crippen molar-refractivity contribution in [3.63, 3.8) is 0 Å². The summed E-state index contributed by atoms with van der Waals surface area (Å²) in [6.45, 7) is -2.60. The van der Waals surface area contributed by atoms with Gasteiger partial charge in [0.2, 0.25) is 0 Å². The van der Waals surface area contributed by atoms with Gasteiger partial charge >= 0.3 is 0 Å². The van der Waals surface area contributed by atoms with Gasteiger partial charge in [-0.15, -0.1) is 0 Å². The molecule has 0 aromatic carbocycles. The predicted molar refractivity (Wildman–Crippen MR) is 83.4 cm³/mol. The number of hydrogen-bond donors (Lipinski definition) is 8. The normalized spacial score (nSPS) is 44.4. The molecule has 2 heterocycles. The SMILES string of the molecule is O=C([O-])[C@@H](CO)O[C@H]1O[C@H](CO)[C@@H](O)[C@H](O)[C@H]1O[C@H]1O[C@H](CO)[C@@H](O)[C@H](O)[C@@H]1O. The molecule has 0 aromatic heterocycles. The van der Waals surface area contributed by atoms with Crippen LogP contribution in [0.25, 0.3) is 0 Å². The smallest absolute Gasteiger partial charge is 0.187 e. The van der Waals surface area contributed by atoms with Crippen molar-refractivity contribution in [2.45, 2.75) is 67.5 Å². The molecular formula is C15H25O14-. The maximum Gasteiger partial charge on any atom is 0.187 e. The predicted octanol–water partition coefficient (Wildman–Crippen LogP) is -7.26. The second kappa shape index (κ2) is 10.3. The highest BCUT2D eigenvalue weighted by Crippen LogP contribution is 2.30. The molecule has 2 saturated heterocycles. The minimum atomic E-state index is -1.93. The van der Waals surface area contributed by atoms with Crippen LogP contribution in [-0.2, 0) is 23.7 Å². The van der Waals surface area contributed by atoms with Gasteiger partial charge in [-0.2, -0.15) is 0 Å². The molecule has 0 aliphatic carbocycles. The average Bonchev–Trinajstić information content (AvgIpc) is 2.70. The number of rotatable bonds is 8. The van der Waals surface area contributed by atoms with Gasteiger partial charge in [-0.05, 0) is 0 Å². The van der Waals surface area contributed by atoms with Crippen molar-refractivity contribution in [1.29, 1.82) is 0 Å².